The Hall–Kier alpha value is -2.13. The Morgan fingerprint density at radius 2 is 1.72 bits per heavy atom. The minimum atomic E-state index is -4.62. The number of aromatic nitrogens is 2. The van der Waals surface area contributed by atoms with Crippen molar-refractivity contribution >= 4 is 63.8 Å². The van der Waals surface area contributed by atoms with Gasteiger partial charge in [0.15, 0.2) is 11.7 Å². The monoisotopic (exact) mass is 522 g/mol. The van der Waals surface area contributed by atoms with Crippen LogP contribution >= 0.6 is 46.4 Å². The molecule has 168 valence electrons. The third-order valence-corrected chi connectivity index (χ3v) is 6.12. The largest absolute Gasteiger partial charge is 0.410 e. The molecule has 0 unspecified atom stereocenters. The molecule has 1 aromatic heterocycles. The van der Waals surface area contributed by atoms with Crippen LogP contribution in [-0.4, -0.2) is 21.9 Å². The van der Waals surface area contributed by atoms with Crippen molar-refractivity contribution in [2.75, 3.05) is 10.6 Å². The lowest BCUT2D eigenvalue weighted by molar-refractivity contribution is -0.173. The lowest BCUT2D eigenvalue weighted by atomic mass is 9.97. The maximum Gasteiger partial charge on any atom is 0.410 e. The summed E-state index contributed by atoms with van der Waals surface area (Å²) in [5, 5.41) is 10.1. The molecule has 12 heteroatoms. The van der Waals surface area contributed by atoms with E-state index in [2.05, 4.69) is 15.7 Å². The van der Waals surface area contributed by atoms with Gasteiger partial charge in [-0.25, -0.2) is 4.68 Å². The normalized spacial score (nSPS) is 18.1. The third kappa shape index (κ3) is 4.50. The average Bonchev–Trinajstić information content (AvgIpc) is 3.06. The van der Waals surface area contributed by atoms with E-state index in [4.69, 9.17) is 46.4 Å². The van der Waals surface area contributed by atoms with Crippen LogP contribution in [0.5, 0.6) is 0 Å². The molecule has 32 heavy (non-hydrogen) atoms. The van der Waals surface area contributed by atoms with Crippen LogP contribution in [0, 0.1) is 0 Å². The van der Waals surface area contributed by atoms with Crippen molar-refractivity contribution in [3.63, 3.8) is 0 Å². The minimum Gasteiger partial charge on any atom is -0.362 e. The van der Waals surface area contributed by atoms with Crippen molar-refractivity contribution in [2.24, 2.45) is 0 Å². The molecular formula is C20H13Cl4F3N4O. The molecule has 3 aromatic rings. The summed E-state index contributed by atoms with van der Waals surface area (Å²) in [5.74, 6) is -0.917. The zero-order chi connectivity index (χ0) is 23.2. The number of halogens is 7. The number of hydrogen-bond donors (Lipinski definition) is 2. The second-order valence-corrected chi connectivity index (χ2v) is 8.73. The number of benzene rings is 2. The summed E-state index contributed by atoms with van der Waals surface area (Å²) in [5.41, 5.74) is 0.430. The van der Waals surface area contributed by atoms with Crippen molar-refractivity contribution in [1.29, 1.82) is 0 Å². The van der Waals surface area contributed by atoms with Crippen LogP contribution in [0.25, 0.3) is 0 Å². The van der Waals surface area contributed by atoms with E-state index >= 15 is 0 Å². The Bertz CT molecular complexity index is 1180. The number of fused-ring (bicyclic) bond motifs is 1. The van der Waals surface area contributed by atoms with Crippen LogP contribution < -0.4 is 10.6 Å². The summed E-state index contributed by atoms with van der Waals surface area (Å²) in [6.07, 6.45) is -4.97. The van der Waals surface area contributed by atoms with E-state index in [0.29, 0.717) is 20.3 Å². The first kappa shape index (κ1) is 23.0. The van der Waals surface area contributed by atoms with E-state index < -0.39 is 24.2 Å². The van der Waals surface area contributed by atoms with Crippen LogP contribution in [0.2, 0.25) is 20.1 Å². The van der Waals surface area contributed by atoms with Gasteiger partial charge < -0.3 is 10.6 Å². The summed E-state index contributed by atoms with van der Waals surface area (Å²) >= 11 is 24.1. The number of carbonyl (C=O) groups is 1. The number of nitrogens with one attached hydrogen (secondary N) is 2. The highest BCUT2D eigenvalue weighted by molar-refractivity contribution is 6.38. The third-order valence-electron chi connectivity index (χ3n) is 4.96. The van der Waals surface area contributed by atoms with Crippen LogP contribution in [0.1, 0.15) is 34.6 Å². The zero-order valence-electron chi connectivity index (χ0n) is 15.9. The maximum absolute atomic E-state index is 13.9. The summed E-state index contributed by atoms with van der Waals surface area (Å²) in [6, 6.07) is 8.09. The first-order valence-corrected chi connectivity index (χ1v) is 10.7. The lowest BCUT2D eigenvalue weighted by Crippen LogP contribution is -2.35. The molecule has 0 fully saturated rings. The molecule has 0 saturated carbocycles. The molecule has 2 N–H and O–H groups in total. The van der Waals surface area contributed by atoms with E-state index in [-0.39, 0.29) is 33.7 Å². The van der Waals surface area contributed by atoms with Crippen molar-refractivity contribution in [1.82, 2.24) is 9.78 Å². The van der Waals surface area contributed by atoms with Gasteiger partial charge in [0.1, 0.15) is 10.8 Å². The second-order valence-electron chi connectivity index (χ2n) is 7.08. The standard InChI is InChI=1S/C20H13Cl4F3N4O/c21-10-3-1-9(2-4-10)14-8-15(20(25,26)27)31-18(28-14)16(24)17(30-31)19(32)29-13-6-5-11(22)7-12(13)23/h1-7,14-15,28H,8H2,(H,29,32)/t14-,15-/m1/s1. The zero-order valence-corrected chi connectivity index (χ0v) is 18.9. The number of hydrogen-bond acceptors (Lipinski definition) is 3. The molecule has 1 aliphatic rings. The highest BCUT2D eigenvalue weighted by atomic mass is 35.5. The first-order chi connectivity index (χ1) is 15.0. The van der Waals surface area contributed by atoms with Crippen LogP contribution in [-0.2, 0) is 0 Å². The molecule has 2 heterocycles. The number of nitrogens with zero attached hydrogens (tertiary/aromatic N) is 2. The Labute approximate surface area is 200 Å². The van der Waals surface area contributed by atoms with Gasteiger partial charge in [-0.15, -0.1) is 0 Å². The number of alkyl halides is 3. The van der Waals surface area contributed by atoms with Crippen molar-refractivity contribution < 1.29 is 18.0 Å². The highest BCUT2D eigenvalue weighted by Gasteiger charge is 2.47. The predicted molar refractivity (Wildman–Crippen MR) is 119 cm³/mol. The fraction of sp³-hybridized carbons (Fsp3) is 0.200. The molecule has 0 aliphatic carbocycles. The summed E-state index contributed by atoms with van der Waals surface area (Å²) in [4.78, 5) is 12.7. The number of carbonyl (C=O) groups excluding carboxylic acids is 1. The first-order valence-electron chi connectivity index (χ1n) is 9.17. The number of rotatable bonds is 3. The minimum absolute atomic E-state index is 0.104. The smallest absolute Gasteiger partial charge is 0.362 e. The van der Waals surface area contributed by atoms with Crippen molar-refractivity contribution in [3.05, 3.63) is 73.8 Å². The molecular weight excluding hydrogens is 511 g/mol. The van der Waals surface area contributed by atoms with Crippen LogP contribution in [0.4, 0.5) is 24.7 Å². The Kier molecular flexibility index (Phi) is 6.24. The molecule has 1 amide bonds. The van der Waals surface area contributed by atoms with E-state index in [1.165, 1.54) is 18.2 Å². The summed E-state index contributed by atoms with van der Waals surface area (Å²) in [7, 11) is 0. The molecule has 0 radical (unpaired) electrons. The molecule has 1 aliphatic heterocycles. The van der Waals surface area contributed by atoms with Crippen LogP contribution in [0.3, 0.4) is 0 Å². The highest BCUT2D eigenvalue weighted by Crippen LogP contribution is 2.46. The molecule has 5 nitrogen and oxygen atoms in total. The second kappa shape index (κ2) is 8.67. The van der Waals surface area contributed by atoms with E-state index in [0.717, 1.165) is 0 Å². The van der Waals surface area contributed by atoms with Gasteiger partial charge in [-0.2, -0.15) is 18.3 Å². The Morgan fingerprint density at radius 3 is 2.34 bits per heavy atom. The average molecular weight is 524 g/mol. The van der Waals surface area contributed by atoms with Gasteiger partial charge in [-0.05, 0) is 35.9 Å². The number of anilines is 2. The van der Waals surface area contributed by atoms with E-state index in [1.54, 1.807) is 24.3 Å². The molecule has 2 atom stereocenters. The quantitative estimate of drug-likeness (QED) is 0.375. The fourth-order valence-electron chi connectivity index (χ4n) is 3.42. The van der Waals surface area contributed by atoms with Crippen molar-refractivity contribution in [3.8, 4) is 0 Å². The SMILES string of the molecule is O=C(Nc1ccc(Cl)cc1Cl)c1nn2c(c1Cl)N[C@@H](c1ccc(Cl)cc1)C[C@@H]2C(F)(F)F. The molecule has 0 saturated heterocycles. The summed E-state index contributed by atoms with van der Waals surface area (Å²) in [6.45, 7) is 0. The van der Waals surface area contributed by atoms with E-state index in [9.17, 15) is 18.0 Å². The van der Waals surface area contributed by atoms with Gasteiger partial charge >= 0.3 is 6.18 Å². The summed E-state index contributed by atoms with van der Waals surface area (Å²) < 4.78 is 42.3. The molecule has 4 rings (SSSR count). The Morgan fingerprint density at radius 1 is 1.06 bits per heavy atom. The lowest BCUT2D eigenvalue weighted by Gasteiger charge is -2.33. The maximum atomic E-state index is 13.9. The predicted octanol–water partition coefficient (Wildman–Crippen LogP) is 7.41. The van der Waals surface area contributed by atoms with Gasteiger partial charge in [0.25, 0.3) is 5.91 Å². The Balaban J connectivity index is 1.70. The van der Waals surface area contributed by atoms with Gasteiger partial charge in [0.2, 0.25) is 0 Å². The van der Waals surface area contributed by atoms with Gasteiger partial charge in [-0.1, -0.05) is 58.5 Å². The fourth-order valence-corrected chi connectivity index (χ4v) is 4.27. The van der Waals surface area contributed by atoms with Crippen molar-refractivity contribution in [2.45, 2.75) is 24.7 Å². The molecule has 2 aromatic carbocycles. The van der Waals surface area contributed by atoms with E-state index in [1.807, 2.05) is 0 Å². The molecule has 0 bridgehead atoms. The van der Waals surface area contributed by atoms with Gasteiger partial charge in [-0.3, -0.25) is 4.79 Å². The molecule has 0 spiro atoms. The number of amides is 1. The topological polar surface area (TPSA) is 59.0 Å². The van der Waals surface area contributed by atoms with Gasteiger partial charge in [0.05, 0.1) is 16.8 Å². The van der Waals surface area contributed by atoms with Crippen LogP contribution in [0.15, 0.2) is 42.5 Å². The van der Waals surface area contributed by atoms with Gasteiger partial charge in [0, 0.05) is 16.5 Å².